The van der Waals surface area contributed by atoms with Crippen molar-refractivity contribution in [3.63, 3.8) is 0 Å². The van der Waals surface area contributed by atoms with Gasteiger partial charge < -0.3 is 57.8 Å². The first-order chi connectivity index (χ1) is 54.9. The minimum absolute atomic E-state index is 0.741. The van der Waals surface area contributed by atoms with Crippen LogP contribution < -0.4 is 57.8 Å². The maximum atomic E-state index is 5.91. The Morgan fingerprint density at radius 3 is 0.688 bits per heavy atom. The molecule has 0 N–H and O–H groups in total. The van der Waals surface area contributed by atoms with Gasteiger partial charge in [0, 0.05) is 86.2 Å². The van der Waals surface area contributed by atoms with Crippen molar-refractivity contribution in [2.24, 2.45) is 0 Å². The van der Waals surface area contributed by atoms with Gasteiger partial charge in [0.2, 0.25) is 0 Å². The number of hydrogen-bond donors (Lipinski definition) is 0. The minimum atomic E-state index is 0.741. The van der Waals surface area contributed by atoms with E-state index in [0.29, 0.717) is 0 Å². The summed E-state index contributed by atoms with van der Waals surface area (Å²) in [6, 6.07) is 115. The lowest BCUT2D eigenvalue weighted by atomic mass is 9.93. The molecule has 0 aliphatic heterocycles. The molecule has 564 valence electrons. The molecule has 14 rings (SSSR count). The molecule has 0 atom stereocenters. The van der Waals surface area contributed by atoms with Gasteiger partial charge in [-0.25, -0.2) is 0 Å². The number of anilines is 12. The molecule has 0 fully saturated rings. The fraction of sp³-hybridized carbons (Fsp3) is 0.160. The minimum Gasteiger partial charge on any atom is -0.497 e. The molecule has 14 aromatic carbocycles. The molecule has 12 nitrogen and oxygen atoms in total. The zero-order chi connectivity index (χ0) is 78.0. The molecule has 0 aromatic heterocycles. The van der Waals surface area contributed by atoms with Gasteiger partial charge in [0.1, 0.15) is 34.5 Å². The van der Waals surface area contributed by atoms with E-state index in [1.807, 2.05) is 109 Å². The molecule has 0 bridgehead atoms. The summed E-state index contributed by atoms with van der Waals surface area (Å²) in [5.41, 5.74) is 25.7. The van der Waals surface area contributed by atoms with Gasteiger partial charge in [-0.3, -0.25) is 0 Å². The van der Waals surface area contributed by atoms with Gasteiger partial charge in [0.05, 0.1) is 71.1 Å². The van der Waals surface area contributed by atoms with E-state index in [-0.39, 0.29) is 0 Å². The standard InChI is InChI=1S/C66H57N3O6.C34H41N3/c1-70-56-19-17-18-55(45-56)67(57-20-7-12-25-62(57)71-2)52-36-30-46(31-37-52)49-42-50(47-32-38-53(39-33-47)68(58-21-8-13-26-63(58)72-3)59-22-9-14-27-64(59)73-4)44-51(43-49)48-34-40-54(41-35-48)69(60-23-10-15-28-65(60)74-5)61-24-11-16-29-66(61)75-6;1-7-35(5)32-17-11-26(12-18-32)29-23-30(27-13-19-33(20-14-27)36(6)8-2)25-31(24-29)28-15-21-34(22-16-28)37(9-3)10-4/h7-45H,1-6H3;11-25H,7-10H2,1-6H3. The predicted octanol–water partition coefficient (Wildman–Crippen LogP) is 25.6. The third-order valence-corrected chi connectivity index (χ3v) is 20.7. The maximum Gasteiger partial charge on any atom is 0.142 e. The molecule has 0 radical (unpaired) electrons. The van der Waals surface area contributed by atoms with Crippen LogP contribution >= 0.6 is 0 Å². The molecule has 0 saturated heterocycles. The summed E-state index contributed by atoms with van der Waals surface area (Å²) in [4.78, 5) is 13.4. The Labute approximate surface area is 661 Å². The van der Waals surface area contributed by atoms with Crippen molar-refractivity contribution < 1.29 is 28.4 Å². The second kappa shape index (κ2) is 36.3. The van der Waals surface area contributed by atoms with Crippen molar-refractivity contribution in [1.82, 2.24) is 0 Å². The molecule has 0 spiro atoms. The molecule has 112 heavy (non-hydrogen) atoms. The van der Waals surface area contributed by atoms with Crippen molar-refractivity contribution in [2.45, 2.75) is 27.7 Å². The normalized spacial score (nSPS) is 10.8. The van der Waals surface area contributed by atoms with Crippen molar-refractivity contribution in [3.8, 4) is 101 Å². The van der Waals surface area contributed by atoms with Gasteiger partial charge in [-0.1, -0.05) is 140 Å². The molecule has 0 amide bonds. The van der Waals surface area contributed by atoms with E-state index in [1.165, 1.54) is 50.4 Å². The van der Waals surface area contributed by atoms with E-state index in [9.17, 15) is 0 Å². The molecule has 0 aliphatic rings. The van der Waals surface area contributed by atoms with Crippen LogP contribution in [0.15, 0.2) is 328 Å². The highest BCUT2D eigenvalue weighted by Crippen LogP contribution is 2.48. The molecule has 0 unspecified atom stereocenters. The Morgan fingerprint density at radius 1 is 0.196 bits per heavy atom. The zero-order valence-electron chi connectivity index (χ0n) is 66.1. The van der Waals surface area contributed by atoms with E-state index >= 15 is 0 Å². The van der Waals surface area contributed by atoms with Gasteiger partial charge >= 0.3 is 0 Å². The lowest BCUT2D eigenvalue weighted by molar-refractivity contribution is 0.412. The summed E-state index contributed by atoms with van der Waals surface area (Å²) < 4.78 is 35.2. The van der Waals surface area contributed by atoms with Gasteiger partial charge in [-0.05, 0) is 276 Å². The first-order valence-corrected chi connectivity index (χ1v) is 38.2. The van der Waals surface area contributed by atoms with Crippen LogP contribution in [0.1, 0.15) is 27.7 Å². The summed E-state index contributed by atoms with van der Waals surface area (Å²) in [6.45, 7) is 12.8. The van der Waals surface area contributed by atoms with Crippen LogP contribution in [0.5, 0.6) is 34.5 Å². The van der Waals surface area contributed by atoms with Crippen LogP contribution in [0, 0.1) is 0 Å². The quantitative estimate of drug-likeness (QED) is 0.0469. The Morgan fingerprint density at radius 2 is 0.438 bits per heavy atom. The summed E-state index contributed by atoms with van der Waals surface area (Å²) in [5, 5.41) is 0. The van der Waals surface area contributed by atoms with Gasteiger partial charge in [-0.15, -0.1) is 0 Å². The van der Waals surface area contributed by atoms with Crippen LogP contribution in [0.3, 0.4) is 0 Å². The fourth-order valence-corrected chi connectivity index (χ4v) is 14.4. The SMILES string of the molecule is CCN(C)c1ccc(-c2cc(-c3ccc(N(C)CC)cc3)cc(-c3ccc(N(CC)CC)cc3)c2)cc1.COc1cccc(N(c2ccc(-c3cc(-c4ccc(N(c5ccccc5OC)c5ccccc5OC)cc4)cc(-c4ccc(N(c5ccccc5OC)c5ccccc5OC)cc4)c3)cc2)c2ccccc2OC)c1. The molecular weight excluding hydrogens is 1380 g/mol. The topological polar surface area (TPSA) is 74.8 Å². The molecule has 0 saturated carbocycles. The smallest absolute Gasteiger partial charge is 0.142 e. The van der Waals surface area contributed by atoms with Crippen molar-refractivity contribution >= 4 is 68.2 Å². The lowest BCUT2D eigenvalue weighted by Gasteiger charge is -2.28. The summed E-state index contributed by atoms with van der Waals surface area (Å²) in [6.07, 6.45) is 0. The molecule has 14 aromatic rings. The lowest BCUT2D eigenvalue weighted by Crippen LogP contribution is -2.21. The monoisotopic (exact) mass is 1480 g/mol. The number of rotatable bonds is 28. The number of methoxy groups -OCH3 is 6. The highest BCUT2D eigenvalue weighted by molar-refractivity contribution is 5.90. The van der Waals surface area contributed by atoms with Crippen LogP contribution in [0.2, 0.25) is 0 Å². The van der Waals surface area contributed by atoms with Crippen LogP contribution in [0.4, 0.5) is 68.2 Å². The third-order valence-electron chi connectivity index (χ3n) is 20.7. The van der Waals surface area contributed by atoms with Crippen LogP contribution in [-0.4, -0.2) is 82.9 Å². The van der Waals surface area contributed by atoms with Gasteiger partial charge in [0.25, 0.3) is 0 Å². The summed E-state index contributed by atoms with van der Waals surface area (Å²) in [7, 11) is 14.4. The van der Waals surface area contributed by atoms with E-state index in [2.05, 4.69) is 290 Å². The van der Waals surface area contributed by atoms with E-state index in [1.54, 1.807) is 42.7 Å². The number of nitrogens with zero attached hydrogens (tertiary/aromatic N) is 6. The third kappa shape index (κ3) is 17.1. The maximum absolute atomic E-state index is 5.91. The summed E-state index contributed by atoms with van der Waals surface area (Å²) >= 11 is 0. The molecule has 12 heteroatoms. The average Bonchev–Trinajstić information content (AvgIpc) is 0.772. The molecular formula is C100H98N6O6. The summed E-state index contributed by atoms with van der Waals surface area (Å²) in [5.74, 6) is 4.47. The van der Waals surface area contributed by atoms with Crippen molar-refractivity contribution in [2.75, 3.05) is 112 Å². The fourth-order valence-electron chi connectivity index (χ4n) is 14.4. The number of hydrogen-bond acceptors (Lipinski definition) is 12. The second-order valence-electron chi connectivity index (χ2n) is 27.1. The molecule has 0 heterocycles. The predicted molar refractivity (Wildman–Crippen MR) is 470 cm³/mol. The van der Waals surface area contributed by atoms with E-state index < -0.39 is 0 Å². The van der Waals surface area contributed by atoms with Crippen LogP contribution in [0.25, 0.3) is 66.8 Å². The van der Waals surface area contributed by atoms with Crippen molar-refractivity contribution in [1.29, 1.82) is 0 Å². The van der Waals surface area contributed by atoms with Gasteiger partial charge in [-0.2, -0.15) is 0 Å². The number of para-hydroxylation sites is 10. The number of ether oxygens (including phenoxy) is 6. The Kier molecular flexibility index (Phi) is 24.9. The first kappa shape index (κ1) is 76.9. The highest BCUT2D eigenvalue weighted by atomic mass is 16.5. The zero-order valence-corrected chi connectivity index (χ0v) is 66.1. The van der Waals surface area contributed by atoms with Crippen molar-refractivity contribution in [3.05, 3.63) is 328 Å². The highest BCUT2D eigenvalue weighted by Gasteiger charge is 2.24. The first-order valence-electron chi connectivity index (χ1n) is 38.2. The Hall–Kier alpha value is -13.3. The van der Waals surface area contributed by atoms with Gasteiger partial charge in [0.15, 0.2) is 0 Å². The van der Waals surface area contributed by atoms with E-state index in [0.717, 1.165) is 145 Å². The second-order valence-corrected chi connectivity index (χ2v) is 27.1. The average molecular weight is 1480 g/mol. The Balaban J connectivity index is 0.000000248. The van der Waals surface area contributed by atoms with Crippen LogP contribution in [-0.2, 0) is 0 Å². The Bertz CT molecular complexity index is 5090. The largest absolute Gasteiger partial charge is 0.497 e. The van der Waals surface area contributed by atoms with E-state index in [4.69, 9.17) is 28.4 Å². The number of benzene rings is 14. The molecule has 0 aliphatic carbocycles.